The van der Waals surface area contributed by atoms with Crippen LogP contribution in [0, 0.1) is 5.82 Å². The van der Waals surface area contributed by atoms with E-state index in [9.17, 15) is 19.1 Å². The molecule has 5 nitrogen and oxygen atoms in total. The van der Waals surface area contributed by atoms with E-state index >= 15 is 0 Å². The van der Waals surface area contributed by atoms with Gasteiger partial charge in [-0.25, -0.2) is 4.39 Å². The number of amides is 1. The van der Waals surface area contributed by atoms with Crippen LogP contribution in [0.4, 0.5) is 4.39 Å². The fraction of sp³-hybridized carbons (Fsp3) is 0.273. The van der Waals surface area contributed by atoms with Crippen LogP contribution in [0.25, 0.3) is 5.76 Å². The summed E-state index contributed by atoms with van der Waals surface area (Å²) in [5.41, 5.74) is 1.02. The second-order valence-corrected chi connectivity index (χ2v) is 8.13. The standard InChI is InChI=1S/C22H22BrFN2O3/c1-25(2)11-4-12-26-19(15-5-3-6-16(23)13-15)18(21(28)22(26)29)20(27)14-7-9-17(24)10-8-14/h3,5-10,13,19,27H,4,11-12H2,1-2H3. The Kier molecular flexibility index (Phi) is 6.49. The van der Waals surface area contributed by atoms with Gasteiger partial charge in [0.25, 0.3) is 11.7 Å². The van der Waals surface area contributed by atoms with Gasteiger partial charge in [-0.05, 0) is 69.0 Å². The van der Waals surface area contributed by atoms with Crippen LogP contribution in [0.15, 0.2) is 58.6 Å². The van der Waals surface area contributed by atoms with E-state index in [1.165, 1.54) is 29.2 Å². The summed E-state index contributed by atoms with van der Waals surface area (Å²) in [6.45, 7) is 1.13. The van der Waals surface area contributed by atoms with Crippen molar-refractivity contribution < 1.29 is 19.1 Å². The Labute approximate surface area is 177 Å². The summed E-state index contributed by atoms with van der Waals surface area (Å²) in [7, 11) is 3.88. The maximum atomic E-state index is 13.3. The van der Waals surface area contributed by atoms with Gasteiger partial charge in [0.15, 0.2) is 0 Å². The molecule has 1 saturated heterocycles. The Morgan fingerprint density at radius 3 is 2.48 bits per heavy atom. The molecule has 1 atom stereocenters. The van der Waals surface area contributed by atoms with Gasteiger partial charge >= 0.3 is 0 Å². The third-order valence-corrected chi connectivity index (χ3v) is 5.32. The quantitative estimate of drug-likeness (QED) is 0.402. The summed E-state index contributed by atoms with van der Waals surface area (Å²) >= 11 is 3.43. The molecule has 1 aliphatic rings. The lowest BCUT2D eigenvalue weighted by molar-refractivity contribution is -0.139. The van der Waals surface area contributed by atoms with Crippen molar-refractivity contribution in [1.29, 1.82) is 0 Å². The van der Waals surface area contributed by atoms with Crippen LogP contribution in [0.1, 0.15) is 23.6 Å². The number of aliphatic hydroxyl groups excluding tert-OH is 1. The molecular weight excluding hydrogens is 439 g/mol. The molecule has 3 rings (SSSR count). The topological polar surface area (TPSA) is 60.9 Å². The molecule has 1 amide bonds. The summed E-state index contributed by atoms with van der Waals surface area (Å²) in [6, 6.07) is 11.8. The molecule has 0 bridgehead atoms. The molecule has 1 unspecified atom stereocenters. The molecule has 1 N–H and O–H groups in total. The second-order valence-electron chi connectivity index (χ2n) is 7.21. The molecule has 1 heterocycles. The number of carbonyl (C=O) groups excluding carboxylic acids is 2. The van der Waals surface area contributed by atoms with Gasteiger partial charge in [-0.15, -0.1) is 0 Å². The van der Waals surface area contributed by atoms with Crippen LogP contribution >= 0.6 is 15.9 Å². The molecule has 29 heavy (non-hydrogen) atoms. The highest BCUT2D eigenvalue weighted by Crippen LogP contribution is 2.40. The number of halogens is 2. The fourth-order valence-corrected chi connectivity index (χ4v) is 3.87. The van der Waals surface area contributed by atoms with Gasteiger partial charge in [0.2, 0.25) is 0 Å². The first-order valence-corrected chi connectivity index (χ1v) is 10.0. The smallest absolute Gasteiger partial charge is 0.295 e. The summed E-state index contributed by atoms with van der Waals surface area (Å²) < 4.78 is 14.1. The van der Waals surface area contributed by atoms with Gasteiger partial charge in [0.1, 0.15) is 11.6 Å². The van der Waals surface area contributed by atoms with Gasteiger partial charge < -0.3 is 14.9 Å². The minimum absolute atomic E-state index is 0.0181. The van der Waals surface area contributed by atoms with Crippen molar-refractivity contribution in [3.05, 3.63) is 75.5 Å². The molecule has 0 aromatic heterocycles. The zero-order chi connectivity index (χ0) is 21.1. The number of hydrogen-bond acceptors (Lipinski definition) is 4. The number of hydrogen-bond donors (Lipinski definition) is 1. The van der Waals surface area contributed by atoms with Crippen molar-refractivity contribution >= 4 is 33.4 Å². The number of aliphatic hydroxyl groups is 1. The Morgan fingerprint density at radius 1 is 1.17 bits per heavy atom. The molecule has 2 aromatic carbocycles. The number of ketones is 1. The minimum atomic E-state index is -0.735. The van der Waals surface area contributed by atoms with Crippen molar-refractivity contribution in [3.8, 4) is 0 Å². The van der Waals surface area contributed by atoms with E-state index in [2.05, 4.69) is 15.9 Å². The largest absolute Gasteiger partial charge is 0.507 e. The second kappa shape index (κ2) is 8.88. The maximum Gasteiger partial charge on any atom is 0.295 e. The van der Waals surface area contributed by atoms with E-state index in [-0.39, 0.29) is 16.9 Å². The molecule has 152 valence electrons. The molecule has 2 aromatic rings. The molecular formula is C22H22BrFN2O3. The van der Waals surface area contributed by atoms with Crippen molar-refractivity contribution in [3.63, 3.8) is 0 Å². The van der Waals surface area contributed by atoms with E-state index in [4.69, 9.17) is 0 Å². The predicted molar refractivity (Wildman–Crippen MR) is 113 cm³/mol. The highest BCUT2D eigenvalue weighted by Gasteiger charge is 2.45. The molecule has 1 fully saturated rings. The zero-order valence-electron chi connectivity index (χ0n) is 16.2. The summed E-state index contributed by atoms with van der Waals surface area (Å²) in [5.74, 6) is -2.13. The highest BCUT2D eigenvalue weighted by atomic mass is 79.9. The van der Waals surface area contributed by atoms with Crippen molar-refractivity contribution in [1.82, 2.24) is 9.80 Å². The number of benzene rings is 2. The van der Waals surface area contributed by atoms with Gasteiger partial charge in [-0.1, -0.05) is 28.1 Å². The lowest BCUT2D eigenvalue weighted by atomic mass is 9.95. The maximum absolute atomic E-state index is 13.3. The van der Waals surface area contributed by atoms with Crippen LogP contribution in [-0.2, 0) is 9.59 Å². The van der Waals surface area contributed by atoms with Crippen LogP contribution < -0.4 is 0 Å². The van der Waals surface area contributed by atoms with Crippen LogP contribution in [0.5, 0.6) is 0 Å². The Hall–Kier alpha value is -2.51. The van der Waals surface area contributed by atoms with Crippen LogP contribution in [0.3, 0.4) is 0 Å². The molecule has 0 radical (unpaired) electrons. The monoisotopic (exact) mass is 460 g/mol. The van der Waals surface area contributed by atoms with Crippen molar-refractivity contribution in [2.45, 2.75) is 12.5 Å². The summed E-state index contributed by atoms with van der Waals surface area (Å²) in [6.07, 6.45) is 0.682. The van der Waals surface area contributed by atoms with Gasteiger partial charge in [0.05, 0.1) is 11.6 Å². The fourth-order valence-electron chi connectivity index (χ4n) is 3.45. The molecule has 7 heteroatoms. The normalized spacial score (nSPS) is 18.7. The number of nitrogens with zero attached hydrogens (tertiary/aromatic N) is 2. The van der Waals surface area contributed by atoms with Crippen LogP contribution in [-0.4, -0.2) is 53.8 Å². The Morgan fingerprint density at radius 2 is 1.86 bits per heavy atom. The summed E-state index contributed by atoms with van der Waals surface area (Å²) in [4.78, 5) is 29.2. The van der Waals surface area contributed by atoms with Gasteiger partial charge in [0, 0.05) is 16.6 Å². The van der Waals surface area contributed by atoms with Crippen molar-refractivity contribution in [2.24, 2.45) is 0 Å². The zero-order valence-corrected chi connectivity index (χ0v) is 17.8. The molecule has 0 spiro atoms. The van der Waals surface area contributed by atoms with Gasteiger partial charge in [-0.3, -0.25) is 9.59 Å². The lowest BCUT2D eigenvalue weighted by Crippen LogP contribution is -2.32. The first kappa shape index (κ1) is 21.2. The molecule has 1 aliphatic heterocycles. The molecule has 0 saturated carbocycles. The minimum Gasteiger partial charge on any atom is -0.507 e. The third-order valence-electron chi connectivity index (χ3n) is 4.83. The van der Waals surface area contributed by atoms with Crippen LogP contribution in [0.2, 0.25) is 0 Å². The van der Waals surface area contributed by atoms with Crippen molar-refractivity contribution in [2.75, 3.05) is 27.2 Å². The SMILES string of the molecule is CN(C)CCCN1C(=O)C(=O)C(=C(O)c2ccc(F)cc2)C1c1cccc(Br)c1. The average Bonchev–Trinajstić information content (AvgIpc) is 2.93. The number of rotatable bonds is 6. The Bertz CT molecular complexity index is 957. The number of likely N-dealkylation sites (tertiary alicyclic amines) is 1. The van der Waals surface area contributed by atoms with E-state index in [1.807, 2.05) is 43.3 Å². The number of Topliss-reactive ketones (excluding diaryl/α,β-unsaturated/α-hetero) is 1. The van der Waals surface area contributed by atoms with E-state index < -0.39 is 23.5 Å². The first-order valence-electron chi connectivity index (χ1n) is 9.24. The first-order chi connectivity index (χ1) is 13.8. The lowest BCUT2D eigenvalue weighted by Gasteiger charge is -2.26. The van der Waals surface area contributed by atoms with Gasteiger partial charge in [-0.2, -0.15) is 0 Å². The number of carbonyl (C=O) groups is 2. The van der Waals surface area contributed by atoms with E-state index in [0.29, 0.717) is 18.5 Å². The molecule has 0 aliphatic carbocycles. The third kappa shape index (κ3) is 4.57. The van der Waals surface area contributed by atoms with E-state index in [0.717, 1.165) is 11.0 Å². The summed E-state index contributed by atoms with van der Waals surface area (Å²) in [5, 5.41) is 10.9. The predicted octanol–water partition coefficient (Wildman–Crippen LogP) is 3.96. The van der Waals surface area contributed by atoms with E-state index in [1.54, 1.807) is 0 Å². The average molecular weight is 461 g/mol. The highest BCUT2D eigenvalue weighted by molar-refractivity contribution is 9.10. The Balaban J connectivity index is 2.09.